The molecule has 176 valence electrons. The predicted octanol–water partition coefficient (Wildman–Crippen LogP) is 2.74. The molecule has 1 fully saturated rings. The molecular weight excluding hydrogens is 478 g/mol. The summed E-state index contributed by atoms with van der Waals surface area (Å²) in [5.41, 5.74) is 1.71. The third kappa shape index (κ3) is 5.02. The number of fused-ring (bicyclic) bond motifs is 1. The van der Waals surface area contributed by atoms with E-state index in [2.05, 4.69) is 5.10 Å². The number of benzene rings is 1. The monoisotopic (exact) mass is 497 g/mol. The number of rotatable bonds is 6. The molecule has 1 saturated heterocycles. The maximum atomic E-state index is 12.3. The van der Waals surface area contributed by atoms with Crippen LogP contribution in [-0.4, -0.2) is 47.4 Å². The molecule has 0 saturated carbocycles. The average Bonchev–Trinajstić information content (AvgIpc) is 3.27. The number of aryl methyl sites for hydroxylation is 1. The topological polar surface area (TPSA) is 140 Å². The van der Waals surface area contributed by atoms with Crippen molar-refractivity contribution < 1.29 is 32.3 Å². The van der Waals surface area contributed by atoms with E-state index in [9.17, 15) is 23.3 Å². The molecule has 0 spiro atoms. The zero-order chi connectivity index (χ0) is 23.8. The molecule has 0 amide bonds. The zero-order valence-electron chi connectivity index (χ0n) is 17.5. The maximum absolute atomic E-state index is 12.3. The van der Waals surface area contributed by atoms with Crippen LogP contribution in [0, 0.1) is 17.0 Å². The summed E-state index contributed by atoms with van der Waals surface area (Å²) in [6.07, 6.45) is 3.04. The van der Waals surface area contributed by atoms with Crippen molar-refractivity contribution >= 4 is 39.2 Å². The van der Waals surface area contributed by atoms with Gasteiger partial charge < -0.3 is 14.2 Å². The van der Waals surface area contributed by atoms with Crippen molar-refractivity contribution in [2.24, 2.45) is 0 Å². The van der Waals surface area contributed by atoms with Gasteiger partial charge in [-0.3, -0.25) is 10.1 Å². The summed E-state index contributed by atoms with van der Waals surface area (Å²) in [7, 11) is -3.11. The fourth-order valence-electron chi connectivity index (χ4n) is 3.77. The lowest BCUT2D eigenvalue weighted by molar-refractivity contribution is -0.385. The van der Waals surface area contributed by atoms with E-state index in [4.69, 9.17) is 25.8 Å². The highest BCUT2D eigenvalue weighted by atomic mass is 35.5. The lowest BCUT2D eigenvalue weighted by Gasteiger charge is -2.20. The zero-order valence-corrected chi connectivity index (χ0v) is 19.1. The molecule has 1 aromatic heterocycles. The summed E-state index contributed by atoms with van der Waals surface area (Å²) in [5, 5.41) is 15.7. The standard InChI is InChI=1S/C20H20ClN3O8S/c1-12-17(20(21)23(22-12)15-4-5-33(28,29)10-15)2-3-18(25)31-9-14-7-16(24(26)27)6-13-8-30-11-32-19(13)14/h2-3,6-7,15H,4-5,8-11H2,1H3. The fraction of sp³-hybridized carbons (Fsp3) is 0.400. The van der Waals surface area contributed by atoms with E-state index in [1.807, 2.05) is 0 Å². The second-order valence-electron chi connectivity index (χ2n) is 7.69. The van der Waals surface area contributed by atoms with E-state index >= 15 is 0 Å². The largest absolute Gasteiger partial charge is 0.467 e. The minimum atomic E-state index is -3.11. The van der Waals surface area contributed by atoms with Crippen molar-refractivity contribution in [3.63, 3.8) is 0 Å². The Bertz CT molecular complexity index is 1250. The smallest absolute Gasteiger partial charge is 0.331 e. The van der Waals surface area contributed by atoms with Crippen LogP contribution in [0.15, 0.2) is 18.2 Å². The summed E-state index contributed by atoms with van der Waals surface area (Å²) in [5.74, 6) is -0.245. The van der Waals surface area contributed by atoms with Crippen LogP contribution >= 0.6 is 11.6 Å². The number of nitro benzene ring substituents is 1. The number of aromatic nitrogens is 2. The number of nitro groups is 1. The van der Waals surface area contributed by atoms with Crippen LogP contribution in [0.25, 0.3) is 6.08 Å². The van der Waals surface area contributed by atoms with Crippen LogP contribution in [0.2, 0.25) is 5.15 Å². The highest BCUT2D eigenvalue weighted by molar-refractivity contribution is 7.91. The van der Waals surface area contributed by atoms with E-state index in [1.54, 1.807) is 6.92 Å². The third-order valence-corrected chi connectivity index (χ3v) is 7.49. The Labute approximate surface area is 193 Å². The number of halogens is 1. The number of sulfone groups is 1. The number of hydrogen-bond donors (Lipinski definition) is 0. The Morgan fingerprint density at radius 1 is 1.45 bits per heavy atom. The van der Waals surface area contributed by atoms with Crippen molar-refractivity contribution in [3.8, 4) is 5.75 Å². The number of carbonyl (C=O) groups excluding carboxylic acids is 1. The minimum Gasteiger partial charge on any atom is -0.467 e. The molecule has 3 heterocycles. The first kappa shape index (κ1) is 23.2. The Hall–Kier alpha value is -2.96. The summed E-state index contributed by atoms with van der Waals surface area (Å²) in [4.78, 5) is 22.9. The first-order chi connectivity index (χ1) is 15.6. The van der Waals surface area contributed by atoms with Gasteiger partial charge in [-0.2, -0.15) is 5.10 Å². The highest BCUT2D eigenvalue weighted by Crippen LogP contribution is 2.33. The average molecular weight is 498 g/mol. The molecule has 0 aliphatic carbocycles. The summed E-state index contributed by atoms with van der Waals surface area (Å²) in [6.45, 7) is 1.61. The number of esters is 1. The van der Waals surface area contributed by atoms with E-state index in [0.717, 1.165) is 0 Å². The molecule has 13 heteroatoms. The number of hydrogen-bond acceptors (Lipinski definition) is 9. The number of ether oxygens (including phenoxy) is 3. The Morgan fingerprint density at radius 3 is 2.94 bits per heavy atom. The lowest BCUT2D eigenvalue weighted by Crippen LogP contribution is -2.14. The number of non-ortho nitro benzene ring substituents is 1. The van der Waals surface area contributed by atoms with Crippen LogP contribution in [-0.2, 0) is 37.3 Å². The van der Waals surface area contributed by atoms with E-state index in [0.29, 0.717) is 34.6 Å². The highest BCUT2D eigenvalue weighted by Gasteiger charge is 2.31. The van der Waals surface area contributed by atoms with Gasteiger partial charge in [0, 0.05) is 34.9 Å². The van der Waals surface area contributed by atoms with Gasteiger partial charge in [0.15, 0.2) is 16.6 Å². The molecule has 1 aromatic carbocycles. The van der Waals surface area contributed by atoms with E-state index in [-0.39, 0.29) is 48.4 Å². The molecule has 0 N–H and O–H groups in total. The van der Waals surface area contributed by atoms with Gasteiger partial charge >= 0.3 is 5.97 Å². The molecule has 0 radical (unpaired) electrons. The maximum Gasteiger partial charge on any atom is 0.331 e. The van der Waals surface area contributed by atoms with Crippen LogP contribution in [0.1, 0.15) is 34.8 Å². The minimum absolute atomic E-state index is 0.00425. The van der Waals surface area contributed by atoms with Crippen molar-refractivity contribution in [2.45, 2.75) is 32.6 Å². The van der Waals surface area contributed by atoms with Crippen LogP contribution < -0.4 is 4.74 Å². The van der Waals surface area contributed by atoms with Gasteiger partial charge in [-0.1, -0.05) is 11.6 Å². The van der Waals surface area contributed by atoms with Gasteiger partial charge in [-0.15, -0.1) is 0 Å². The van der Waals surface area contributed by atoms with Gasteiger partial charge in [0.1, 0.15) is 17.5 Å². The van der Waals surface area contributed by atoms with Crippen molar-refractivity contribution in [1.29, 1.82) is 0 Å². The molecule has 2 aliphatic heterocycles. The number of carbonyl (C=O) groups is 1. The van der Waals surface area contributed by atoms with E-state index < -0.39 is 20.7 Å². The second-order valence-corrected chi connectivity index (χ2v) is 10.3. The SMILES string of the molecule is Cc1nn(C2CCS(=O)(=O)C2)c(Cl)c1C=CC(=O)OCc1cc([N+](=O)[O-])cc2c1OCOC2. The van der Waals surface area contributed by atoms with Gasteiger partial charge in [0.05, 0.1) is 34.8 Å². The van der Waals surface area contributed by atoms with Gasteiger partial charge in [0.2, 0.25) is 0 Å². The third-order valence-electron chi connectivity index (χ3n) is 5.36. The van der Waals surface area contributed by atoms with Gasteiger partial charge in [0.25, 0.3) is 5.69 Å². The van der Waals surface area contributed by atoms with Gasteiger partial charge in [-0.05, 0) is 19.4 Å². The molecule has 0 bridgehead atoms. The van der Waals surface area contributed by atoms with Crippen LogP contribution in [0.3, 0.4) is 0 Å². The van der Waals surface area contributed by atoms with Crippen molar-refractivity contribution in [1.82, 2.24) is 9.78 Å². The first-order valence-electron chi connectivity index (χ1n) is 9.95. The Kier molecular flexibility index (Phi) is 6.41. The molecule has 1 atom stereocenters. The van der Waals surface area contributed by atoms with E-state index in [1.165, 1.54) is 29.0 Å². The molecule has 2 aromatic rings. The molecule has 1 unspecified atom stereocenters. The summed E-state index contributed by atoms with van der Waals surface area (Å²) < 4.78 is 40.8. The lowest BCUT2D eigenvalue weighted by atomic mass is 10.1. The van der Waals surface area contributed by atoms with Gasteiger partial charge in [-0.25, -0.2) is 17.9 Å². The predicted molar refractivity (Wildman–Crippen MR) is 116 cm³/mol. The van der Waals surface area contributed by atoms with Crippen LogP contribution in [0.5, 0.6) is 5.75 Å². The summed E-state index contributed by atoms with van der Waals surface area (Å²) in [6, 6.07) is 2.30. The molecule has 11 nitrogen and oxygen atoms in total. The Morgan fingerprint density at radius 2 is 2.24 bits per heavy atom. The molecule has 33 heavy (non-hydrogen) atoms. The quantitative estimate of drug-likeness (QED) is 0.255. The second kappa shape index (κ2) is 9.12. The summed E-state index contributed by atoms with van der Waals surface area (Å²) >= 11 is 6.40. The molecule has 2 aliphatic rings. The normalized spacial score (nSPS) is 19.3. The first-order valence-corrected chi connectivity index (χ1v) is 12.1. The fourth-order valence-corrected chi connectivity index (χ4v) is 5.84. The van der Waals surface area contributed by atoms with Crippen molar-refractivity contribution in [3.05, 3.63) is 55.9 Å². The Balaban J connectivity index is 1.47. The van der Waals surface area contributed by atoms with Crippen LogP contribution in [0.4, 0.5) is 5.69 Å². The van der Waals surface area contributed by atoms with Crippen molar-refractivity contribution in [2.75, 3.05) is 18.3 Å². The molecular formula is C20H20ClN3O8S. The molecule has 4 rings (SSSR count). The number of nitrogens with zero attached hydrogens (tertiary/aromatic N) is 3.